The average Bonchev–Trinajstić information content (AvgIpc) is 1.39. The Hall–Kier alpha value is 0.256. The Balaban J connectivity index is -0.0000000400. The molecule has 0 rings (SSSR count). The van der Waals surface area contributed by atoms with E-state index in [0.29, 0.717) is 0 Å². The summed E-state index contributed by atoms with van der Waals surface area (Å²) >= 11 is 0. The van der Waals surface area contributed by atoms with Gasteiger partial charge in [0.15, 0.2) is 0 Å². The predicted molar refractivity (Wildman–Crippen MR) is 22.3 cm³/mol. The van der Waals surface area contributed by atoms with Crippen LogP contribution in [0, 0.1) is 22.1 Å². The van der Waals surface area contributed by atoms with Gasteiger partial charge in [-0.2, -0.15) is 0 Å². The monoisotopic (exact) mass is 128 g/mol. The van der Waals surface area contributed by atoms with Gasteiger partial charge in [-0.05, 0) is 0 Å². The molecule has 0 bridgehead atoms. The maximum absolute atomic E-state index is 5.50. The molecule has 0 saturated carbocycles. The summed E-state index contributed by atoms with van der Waals surface area (Å²) in [6, 6.07) is 0. The number of hydrogen-bond donors (Lipinski definition) is 4. The topological polar surface area (TPSA) is 124 Å². The Morgan fingerprint density at radius 2 is 0.714 bits per heavy atom. The van der Waals surface area contributed by atoms with Crippen molar-refractivity contribution in [2.45, 2.75) is 0 Å². The van der Waals surface area contributed by atoms with Crippen LogP contribution < -0.4 is 9.82 Å². The second kappa shape index (κ2) is 34.0. The number of nitrogens with one attached hydrogen (secondary N) is 4. The van der Waals surface area contributed by atoms with Gasteiger partial charge in [0.05, 0.1) is 0 Å². The van der Waals surface area contributed by atoms with Gasteiger partial charge in [0.1, 0.15) is 22.1 Å². The fourth-order valence-corrected chi connectivity index (χ4v) is 0. The molecule has 7 heavy (non-hydrogen) atoms. The molecule has 0 aliphatic rings. The minimum absolute atomic E-state index is 0. The van der Waals surface area contributed by atoms with Crippen molar-refractivity contribution >= 4 is 51.4 Å². The van der Waals surface area contributed by atoms with E-state index in [2.05, 4.69) is 0 Å². The van der Waals surface area contributed by atoms with Crippen molar-refractivity contribution in [3.8, 4) is 0 Å². The van der Waals surface area contributed by atoms with E-state index in [-0.39, 0.29) is 51.4 Å². The molecule has 0 spiro atoms. The summed E-state index contributed by atoms with van der Waals surface area (Å²) in [5.41, 5.74) is 22.0. The average molecular weight is 128 g/mol. The van der Waals surface area contributed by atoms with Crippen LogP contribution in [0.2, 0.25) is 0 Å². The Kier molecular flexibility index (Phi) is 76.0. The van der Waals surface area contributed by atoms with E-state index >= 15 is 0 Å². The maximum atomic E-state index is 5.50. The molecule has 0 radical (unpaired) electrons. The minimum atomic E-state index is 0. The molecule has 0 heterocycles. The molecule has 7 heteroatoms. The van der Waals surface area contributed by atoms with Crippen LogP contribution in [0.4, 0.5) is 0 Å². The standard InChI is InChI=1S/K.2H2N3.H/c;2*1-3-2;/h;2*1-2H;/q;2*+1;. The summed E-state index contributed by atoms with van der Waals surface area (Å²) in [6.07, 6.45) is 0. The van der Waals surface area contributed by atoms with Gasteiger partial charge in [-0.15, -0.1) is 0 Å². The van der Waals surface area contributed by atoms with Crippen molar-refractivity contribution in [3.05, 3.63) is 0 Å². The third-order valence-electron chi connectivity index (χ3n) is 0. The molecule has 0 aromatic heterocycles. The SMILES string of the molecule is N=[N+]=N.N=[N+]=N.[KH]. The van der Waals surface area contributed by atoms with Crippen LogP contribution in [0.25, 0.3) is 0 Å². The fourth-order valence-electron chi connectivity index (χ4n) is 0. The van der Waals surface area contributed by atoms with Crippen LogP contribution >= 0.6 is 0 Å². The van der Waals surface area contributed by atoms with E-state index in [4.69, 9.17) is 22.1 Å². The van der Waals surface area contributed by atoms with Crippen molar-refractivity contribution in [1.29, 1.82) is 22.1 Å². The van der Waals surface area contributed by atoms with Gasteiger partial charge in [0.25, 0.3) is 0 Å². The first-order valence-corrected chi connectivity index (χ1v) is 0.894. The van der Waals surface area contributed by atoms with Gasteiger partial charge in [-0.25, -0.2) is 0 Å². The van der Waals surface area contributed by atoms with E-state index in [1.165, 1.54) is 0 Å². The van der Waals surface area contributed by atoms with Gasteiger partial charge >= 0.3 is 51.4 Å². The van der Waals surface area contributed by atoms with Gasteiger partial charge in [-0.3, -0.25) is 0 Å². The summed E-state index contributed by atoms with van der Waals surface area (Å²) in [5, 5.41) is 0. The second-order valence-electron chi connectivity index (χ2n) is 0.224. The molecule has 0 aliphatic carbocycles. The van der Waals surface area contributed by atoms with Crippen LogP contribution in [0.1, 0.15) is 0 Å². The van der Waals surface area contributed by atoms with Crippen molar-refractivity contribution in [2.75, 3.05) is 0 Å². The molecule has 6 nitrogen and oxygen atoms in total. The van der Waals surface area contributed by atoms with E-state index in [0.717, 1.165) is 0 Å². The molecular weight excluding hydrogens is 123 g/mol. The Morgan fingerprint density at radius 1 is 0.714 bits per heavy atom. The van der Waals surface area contributed by atoms with E-state index in [1.54, 1.807) is 0 Å². The molecule has 4 N–H and O–H groups in total. The van der Waals surface area contributed by atoms with Crippen LogP contribution in [-0.4, -0.2) is 51.4 Å². The van der Waals surface area contributed by atoms with E-state index in [9.17, 15) is 0 Å². The summed E-state index contributed by atoms with van der Waals surface area (Å²) < 4.78 is 0. The number of hydrogen-bond acceptors (Lipinski definition) is 4. The number of nitrogens with zero attached hydrogens (tertiary/aromatic N) is 2. The summed E-state index contributed by atoms with van der Waals surface area (Å²) in [5.74, 6) is 0. The van der Waals surface area contributed by atoms with Crippen molar-refractivity contribution in [2.24, 2.45) is 0 Å². The van der Waals surface area contributed by atoms with Crippen molar-refractivity contribution in [3.63, 3.8) is 0 Å². The third kappa shape index (κ3) is 1720. The van der Waals surface area contributed by atoms with Gasteiger partial charge in [0, 0.05) is 0 Å². The van der Waals surface area contributed by atoms with Gasteiger partial charge < -0.3 is 0 Å². The molecule has 0 atom stereocenters. The molecule has 0 saturated heterocycles. The van der Waals surface area contributed by atoms with Gasteiger partial charge in [0.2, 0.25) is 9.82 Å². The second-order valence-corrected chi connectivity index (χ2v) is 0.224. The molecule has 0 fully saturated rings. The summed E-state index contributed by atoms with van der Waals surface area (Å²) in [4.78, 5) is 4.00. The quantitative estimate of drug-likeness (QED) is 0.192. The first kappa shape index (κ1) is 15.7. The van der Waals surface area contributed by atoms with Crippen molar-refractivity contribution < 1.29 is 0 Å². The Labute approximate surface area is 82.2 Å². The predicted octanol–water partition coefficient (Wildman–Crippen LogP) is -0.417. The molecule has 0 aromatic rings. The zero-order valence-corrected chi connectivity index (χ0v) is 2.89. The fraction of sp³-hybridized carbons (Fsp3) is 0. The van der Waals surface area contributed by atoms with Gasteiger partial charge in [-0.1, -0.05) is 0 Å². The molecule has 0 aliphatic heterocycles. The Bertz CT molecular complexity index is 58.2. The molecule has 34 valence electrons. The van der Waals surface area contributed by atoms with Crippen molar-refractivity contribution in [1.82, 2.24) is 9.82 Å². The van der Waals surface area contributed by atoms with E-state index in [1.807, 2.05) is 9.82 Å². The van der Waals surface area contributed by atoms with Crippen LogP contribution in [0.3, 0.4) is 0 Å². The molecule has 0 aromatic carbocycles. The van der Waals surface area contributed by atoms with Crippen LogP contribution in [0.5, 0.6) is 0 Å². The molecule has 0 amide bonds. The zero-order valence-electron chi connectivity index (χ0n) is 2.89. The zero-order chi connectivity index (χ0) is 5.41. The molecule has 0 unspecified atom stereocenters. The summed E-state index contributed by atoms with van der Waals surface area (Å²) in [7, 11) is 0. The normalized spacial score (nSPS) is 2.29. The third-order valence-corrected chi connectivity index (χ3v) is 0. The molecular formula is H5KN6+2. The first-order chi connectivity index (χ1) is 2.83. The first-order valence-electron chi connectivity index (χ1n) is 0.894. The number of rotatable bonds is 0. The van der Waals surface area contributed by atoms with E-state index < -0.39 is 0 Å². The van der Waals surface area contributed by atoms with Crippen LogP contribution in [-0.2, 0) is 0 Å². The summed E-state index contributed by atoms with van der Waals surface area (Å²) in [6.45, 7) is 0. The Morgan fingerprint density at radius 3 is 0.714 bits per heavy atom. The van der Waals surface area contributed by atoms with Crippen LogP contribution in [0.15, 0.2) is 0 Å².